The second-order valence-corrected chi connectivity index (χ2v) is 11.1. The molecule has 0 saturated heterocycles. The number of benzene rings is 2. The molecular formula is C30H48ClN5O. The molecule has 0 spiro atoms. The highest BCUT2D eigenvalue weighted by atomic mass is 35.5. The molecule has 0 amide bonds. The molecule has 0 aliphatic heterocycles. The smallest absolute Gasteiger partial charge is 0.208 e. The van der Waals surface area contributed by atoms with Crippen molar-refractivity contribution in [2.45, 2.75) is 60.0 Å². The SMILES string of the molecule is COc1ccc(Nc2nc3ccc(CN(CCC(C)C)CCC(C)C)cc3n2CCCN(C)C)cc1.Cl. The van der Waals surface area contributed by atoms with Crippen molar-refractivity contribution in [3.8, 4) is 5.75 Å². The molecule has 0 unspecified atom stereocenters. The van der Waals surface area contributed by atoms with Crippen molar-refractivity contribution in [3.63, 3.8) is 0 Å². The molecule has 0 atom stereocenters. The monoisotopic (exact) mass is 529 g/mol. The summed E-state index contributed by atoms with van der Waals surface area (Å²) in [4.78, 5) is 9.85. The molecule has 0 aliphatic carbocycles. The molecule has 37 heavy (non-hydrogen) atoms. The summed E-state index contributed by atoms with van der Waals surface area (Å²) in [6, 6.07) is 14.8. The number of fused-ring (bicyclic) bond motifs is 1. The highest BCUT2D eigenvalue weighted by Gasteiger charge is 2.14. The zero-order valence-corrected chi connectivity index (χ0v) is 24.8. The molecule has 0 saturated carbocycles. The van der Waals surface area contributed by atoms with Crippen molar-refractivity contribution in [1.82, 2.24) is 19.4 Å². The number of halogens is 1. The third kappa shape index (κ3) is 9.84. The zero-order valence-electron chi connectivity index (χ0n) is 24.0. The molecule has 1 N–H and O–H groups in total. The van der Waals surface area contributed by atoms with Crippen molar-refractivity contribution in [2.75, 3.05) is 46.2 Å². The van der Waals surface area contributed by atoms with Gasteiger partial charge in [-0.25, -0.2) is 4.98 Å². The van der Waals surface area contributed by atoms with Gasteiger partial charge in [-0.1, -0.05) is 33.8 Å². The van der Waals surface area contributed by atoms with Gasteiger partial charge in [0.15, 0.2) is 0 Å². The normalized spacial score (nSPS) is 11.6. The summed E-state index contributed by atoms with van der Waals surface area (Å²) in [6.07, 6.45) is 3.53. The number of anilines is 2. The van der Waals surface area contributed by atoms with E-state index in [1.165, 1.54) is 23.9 Å². The fourth-order valence-electron chi connectivity index (χ4n) is 4.35. The van der Waals surface area contributed by atoms with E-state index in [9.17, 15) is 0 Å². The third-order valence-electron chi connectivity index (χ3n) is 6.60. The van der Waals surface area contributed by atoms with Crippen LogP contribution in [0, 0.1) is 11.8 Å². The van der Waals surface area contributed by atoms with Crippen molar-refractivity contribution >= 4 is 35.1 Å². The van der Waals surface area contributed by atoms with Gasteiger partial charge in [-0.15, -0.1) is 12.4 Å². The van der Waals surface area contributed by atoms with Gasteiger partial charge in [0.1, 0.15) is 5.75 Å². The molecule has 3 aromatic rings. The minimum atomic E-state index is 0. The molecule has 0 aliphatic rings. The van der Waals surface area contributed by atoms with E-state index in [2.05, 4.69) is 79.7 Å². The number of nitrogens with zero attached hydrogens (tertiary/aromatic N) is 4. The van der Waals surface area contributed by atoms with Gasteiger partial charge in [-0.2, -0.15) is 0 Å². The highest BCUT2D eigenvalue weighted by Crippen LogP contribution is 2.26. The summed E-state index contributed by atoms with van der Waals surface area (Å²) in [6.45, 7) is 14.5. The van der Waals surface area contributed by atoms with Gasteiger partial charge >= 0.3 is 0 Å². The number of nitrogens with one attached hydrogen (secondary N) is 1. The van der Waals surface area contributed by atoms with E-state index in [0.717, 1.165) is 73.9 Å². The number of rotatable bonds is 15. The predicted octanol–water partition coefficient (Wildman–Crippen LogP) is 7.06. The van der Waals surface area contributed by atoms with E-state index in [-0.39, 0.29) is 12.4 Å². The van der Waals surface area contributed by atoms with Crippen LogP contribution in [0.3, 0.4) is 0 Å². The number of aromatic nitrogens is 2. The predicted molar refractivity (Wildman–Crippen MR) is 161 cm³/mol. The molecule has 2 aromatic carbocycles. The Morgan fingerprint density at radius 3 is 2.14 bits per heavy atom. The summed E-state index contributed by atoms with van der Waals surface area (Å²) in [5.41, 5.74) is 4.61. The Labute approximate surface area is 230 Å². The average Bonchev–Trinajstić information content (AvgIpc) is 3.17. The van der Waals surface area contributed by atoms with E-state index >= 15 is 0 Å². The minimum absolute atomic E-state index is 0. The van der Waals surface area contributed by atoms with Crippen LogP contribution in [-0.4, -0.2) is 60.2 Å². The Bertz CT molecular complexity index is 1050. The molecule has 1 heterocycles. The second-order valence-electron chi connectivity index (χ2n) is 11.1. The topological polar surface area (TPSA) is 45.6 Å². The Hall–Kier alpha value is -2.28. The Kier molecular flexibility index (Phi) is 12.7. The van der Waals surface area contributed by atoms with Crippen molar-refractivity contribution < 1.29 is 4.74 Å². The van der Waals surface area contributed by atoms with Gasteiger partial charge in [-0.3, -0.25) is 4.90 Å². The van der Waals surface area contributed by atoms with Gasteiger partial charge in [-0.05, 0) is 107 Å². The van der Waals surface area contributed by atoms with E-state index in [0.29, 0.717) is 0 Å². The van der Waals surface area contributed by atoms with Crippen LogP contribution in [0.1, 0.15) is 52.5 Å². The Morgan fingerprint density at radius 1 is 0.919 bits per heavy atom. The molecule has 206 valence electrons. The van der Waals surface area contributed by atoms with Crippen LogP contribution >= 0.6 is 12.4 Å². The van der Waals surface area contributed by atoms with E-state index in [1.54, 1.807) is 7.11 Å². The van der Waals surface area contributed by atoms with E-state index < -0.39 is 0 Å². The van der Waals surface area contributed by atoms with Gasteiger partial charge < -0.3 is 19.5 Å². The van der Waals surface area contributed by atoms with Crippen molar-refractivity contribution in [3.05, 3.63) is 48.0 Å². The van der Waals surface area contributed by atoms with Crippen LogP contribution in [0.15, 0.2) is 42.5 Å². The number of hydrogen-bond donors (Lipinski definition) is 1. The molecule has 3 rings (SSSR count). The number of hydrogen-bond acceptors (Lipinski definition) is 5. The van der Waals surface area contributed by atoms with Gasteiger partial charge in [0.25, 0.3) is 0 Å². The first-order chi connectivity index (χ1) is 17.2. The minimum Gasteiger partial charge on any atom is -0.497 e. The van der Waals surface area contributed by atoms with Crippen LogP contribution in [-0.2, 0) is 13.1 Å². The largest absolute Gasteiger partial charge is 0.497 e. The number of aryl methyl sites for hydroxylation is 1. The van der Waals surface area contributed by atoms with Crippen LogP contribution in [0.5, 0.6) is 5.75 Å². The molecule has 0 fully saturated rings. The summed E-state index contributed by atoms with van der Waals surface area (Å²) in [5.74, 6) is 3.18. The summed E-state index contributed by atoms with van der Waals surface area (Å²) >= 11 is 0. The van der Waals surface area contributed by atoms with Gasteiger partial charge in [0, 0.05) is 18.8 Å². The fraction of sp³-hybridized carbons (Fsp3) is 0.567. The van der Waals surface area contributed by atoms with Gasteiger partial charge in [0.05, 0.1) is 18.1 Å². The van der Waals surface area contributed by atoms with E-state index in [4.69, 9.17) is 9.72 Å². The Balaban J connectivity index is 0.00000481. The fourth-order valence-corrected chi connectivity index (χ4v) is 4.35. The average molecular weight is 530 g/mol. The highest BCUT2D eigenvalue weighted by molar-refractivity contribution is 5.85. The third-order valence-corrected chi connectivity index (χ3v) is 6.60. The maximum Gasteiger partial charge on any atom is 0.208 e. The first kappa shape index (κ1) is 30.9. The zero-order chi connectivity index (χ0) is 26.1. The van der Waals surface area contributed by atoms with Crippen molar-refractivity contribution in [1.29, 1.82) is 0 Å². The summed E-state index contributed by atoms with van der Waals surface area (Å²) < 4.78 is 7.66. The lowest BCUT2D eigenvalue weighted by molar-refractivity contribution is 0.236. The molecule has 1 aromatic heterocycles. The summed E-state index contributed by atoms with van der Waals surface area (Å²) in [5, 5.41) is 3.55. The number of ether oxygens (including phenoxy) is 1. The van der Waals surface area contributed by atoms with E-state index in [1.807, 2.05) is 24.3 Å². The standard InChI is InChI=1S/C30H47N5O.ClH/c1-23(2)15-19-34(20-16-24(3)4)22-25-9-14-28-29(21-25)35(18-8-17-33(5)6)30(32-28)31-26-10-12-27(36-7)13-11-26;/h9-14,21,23-24H,8,15-20,22H2,1-7H3,(H,31,32);1H. The lowest BCUT2D eigenvalue weighted by Crippen LogP contribution is -2.27. The molecule has 0 bridgehead atoms. The molecule has 0 radical (unpaired) electrons. The quantitative estimate of drug-likeness (QED) is 0.228. The van der Waals surface area contributed by atoms with Crippen molar-refractivity contribution in [2.24, 2.45) is 11.8 Å². The second kappa shape index (κ2) is 15.2. The molecule has 7 heteroatoms. The molecule has 6 nitrogen and oxygen atoms in total. The summed E-state index contributed by atoms with van der Waals surface area (Å²) in [7, 11) is 5.95. The number of imidazole rings is 1. The maximum atomic E-state index is 5.31. The number of methoxy groups -OCH3 is 1. The lowest BCUT2D eigenvalue weighted by atomic mass is 10.1. The first-order valence-corrected chi connectivity index (χ1v) is 13.5. The van der Waals surface area contributed by atoms with Crippen LogP contribution in [0.2, 0.25) is 0 Å². The van der Waals surface area contributed by atoms with Crippen LogP contribution < -0.4 is 10.1 Å². The molecular weight excluding hydrogens is 482 g/mol. The Morgan fingerprint density at radius 2 is 1.57 bits per heavy atom. The first-order valence-electron chi connectivity index (χ1n) is 13.5. The maximum absolute atomic E-state index is 5.31. The van der Waals surface area contributed by atoms with Gasteiger partial charge in [0.2, 0.25) is 5.95 Å². The van der Waals surface area contributed by atoms with Crippen LogP contribution in [0.25, 0.3) is 11.0 Å². The lowest BCUT2D eigenvalue weighted by Gasteiger charge is -2.24. The van der Waals surface area contributed by atoms with Crippen LogP contribution in [0.4, 0.5) is 11.6 Å².